The van der Waals surface area contributed by atoms with Crippen molar-refractivity contribution >= 4 is 16.7 Å². The normalized spacial score (nSPS) is 11.1. The molecule has 28 heavy (non-hydrogen) atoms. The summed E-state index contributed by atoms with van der Waals surface area (Å²) in [6, 6.07) is 19.5. The third-order valence-electron chi connectivity index (χ3n) is 4.46. The molecule has 0 aliphatic heterocycles. The lowest BCUT2D eigenvalue weighted by Crippen LogP contribution is -2.00. The maximum absolute atomic E-state index is 13.2. The van der Waals surface area contributed by atoms with Gasteiger partial charge in [-0.25, -0.2) is 18.7 Å². The van der Waals surface area contributed by atoms with Gasteiger partial charge in [-0.3, -0.25) is 0 Å². The summed E-state index contributed by atoms with van der Waals surface area (Å²) in [5.74, 6) is 0.867. The molecule has 0 bridgehead atoms. The fourth-order valence-corrected chi connectivity index (χ4v) is 3.10. The summed E-state index contributed by atoms with van der Waals surface area (Å²) in [7, 11) is 0. The van der Waals surface area contributed by atoms with Crippen molar-refractivity contribution in [1.82, 2.24) is 9.97 Å². The van der Waals surface area contributed by atoms with Gasteiger partial charge in [0.15, 0.2) is 0 Å². The highest BCUT2D eigenvalue weighted by atomic mass is 19.3. The molecule has 0 atom stereocenters. The van der Waals surface area contributed by atoms with Crippen molar-refractivity contribution in [3.05, 3.63) is 84.2 Å². The molecule has 0 saturated heterocycles. The molecule has 0 spiro atoms. The van der Waals surface area contributed by atoms with Gasteiger partial charge in [0, 0.05) is 10.9 Å². The predicted molar refractivity (Wildman–Crippen MR) is 105 cm³/mol. The lowest BCUT2D eigenvalue weighted by atomic mass is 9.99. The van der Waals surface area contributed by atoms with E-state index in [1.165, 1.54) is 18.5 Å². The van der Waals surface area contributed by atoms with E-state index in [0.717, 1.165) is 5.56 Å². The van der Waals surface area contributed by atoms with Gasteiger partial charge in [0.2, 0.25) is 0 Å². The SMILES string of the molecule is Nc1ncnc2c(-c3cccc(C(F)F)c3)c(OCc3ccccc3)ccc12. The molecule has 140 valence electrons. The van der Waals surface area contributed by atoms with Crippen LogP contribution >= 0.6 is 0 Å². The topological polar surface area (TPSA) is 61.0 Å². The van der Waals surface area contributed by atoms with Crippen molar-refractivity contribution in [2.75, 3.05) is 5.73 Å². The van der Waals surface area contributed by atoms with E-state index in [-0.39, 0.29) is 5.56 Å². The summed E-state index contributed by atoms with van der Waals surface area (Å²) in [5, 5.41) is 0.645. The smallest absolute Gasteiger partial charge is 0.263 e. The predicted octanol–water partition coefficient (Wildman–Crippen LogP) is 5.40. The first-order valence-electron chi connectivity index (χ1n) is 8.72. The van der Waals surface area contributed by atoms with Crippen molar-refractivity contribution in [3.8, 4) is 16.9 Å². The molecule has 2 N–H and O–H groups in total. The Labute approximate surface area is 160 Å². The zero-order valence-electron chi connectivity index (χ0n) is 14.8. The molecule has 0 aliphatic carbocycles. The first-order valence-corrected chi connectivity index (χ1v) is 8.72. The number of halogens is 2. The number of alkyl halides is 2. The van der Waals surface area contributed by atoms with Gasteiger partial charge in [-0.1, -0.05) is 48.5 Å². The van der Waals surface area contributed by atoms with Crippen molar-refractivity contribution in [2.24, 2.45) is 0 Å². The lowest BCUT2D eigenvalue weighted by Gasteiger charge is -2.15. The lowest BCUT2D eigenvalue weighted by molar-refractivity contribution is 0.151. The van der Waals surface area contributed by atoms with Crippen LogP contribution in [0.5, 0.6) is 5.75 Å². The largest absolute Gasteiger partial charge is 0.488 e. The molecule has 4 aromatic rings. The van der Waals surface area contributed by atoms with Crippen molar-refractivity contribution in [1.29, 1.82) is 0 Å². The Morgan fingerprint density at radius 1 is 0.929 bits per heavy atom. The summed E-state index contributed by atoms with van der Waals surface area (Å²) >= 11 is 0. The molecule has 4 rings (SSSR count). The number of ether oxygens (including phenoxy) is 1. The summed E-state index contributed by atoms with van der Waals surface area (Å²) in [4.78, 5) is 8.37. The Bertz CT molecular complexity index is 1120. The van der Waals surface area contributed by atoms with Crippen LogP contribution in [-0.2, 0) is 6.61 Å². The second-order valence-corrected chi connectivity index (χ2v) is 6.29. The molecule has 0 radical (unpaired) electrons. The fourth-order valence-electron chi connectivity index (χ4n) is 3.10. The first-order chi connectivity index (χ1) is 13.6. The highest BCUT2D eigenvalue weighted by molar-refractivity contribution is 6.01. The van der Waals surface area contributed by atoms with E-state index in [2.05, 4.69) is 9.97 Å². The Morgan fingerprint density at radius 3 is 2.54 bits per heavy atom. The Balaban J connectivity index is 1.85. The first kappa shape index (κ1) is 17.9. The minimum absolute atomic E-state index is 0.0643. The molecule has 6 heteroatoms. The summed E-state index contributed by atoms with van der Waals surface area (Å²) < 4.78 is 32.5. The number of hydrogen-bond donors (Lipinski definition) is 1. The van der Waals surface area contributed by atoms with Crippen LogP contribution in [0.2, 0.25) is 0 Å². The van der Waals surface area contributed by atoms with Gasteiger partial charge in [0.25, 0.3) is 6.43 Å². The minimum atomic E-state index is -2.57. The Morgan fingerprint density at radius 2 is 1.75 bits per heavy atom. The fraction of sp³-hybridized carbons (Fsp3) is 0.0909. The highest BCUT2D eigenvalue weighted by Gasteiger charge is 2.16. The molecule has 1 aromatic heterocycles. The van der Waals surface area contributed by atoms with Gasteiger partial charge < -0.3 is 10.5 Å². The number of nitrogens with two attached hydrogens (primary N) is 1. The summed E-state index contributed by atoms with van der Waals surface area (Å²) in [6.45, 7) is 0.342. The number of nitrogen functional groups attached to an aromatic ring is 1. The van der Waals surface area contributed by atoms with E-state index < -0.39 is 6.43 Å². The Kier molecular flexibility index (Phi) is 4.85. The summed E-state index contributed by atoms with van der Waals surface area (Å²) in [5.41, 5.74) is 8.68. The second-order valence-electron chi connectivity index (χ2n) is 6.29. The van der Waals surface area contributed by atoms with E-state index in [9.17, 15) is 8.78 Å². The molecular formula is C22H17F2N3O. The third-order valence-corrected chi connectivity index (χ3v) is 4.46. The van der Waals surface area contributed by atoms with E-state index >= 15 is 0 Å². The molecule has 0 saturated carbocycles. The van der Waals surface area contributed by atoms with Gasteiger partial charge in [-0.2, -0.15) is 0 Å². The standard InChI is InChI=1S/C22H17F2N3O/c23-21(24)16-8-4-7-15(11-16)19-18(28-12-14-5-2-1-3-6-14)10-9-17-20(19)26-13-27-22(17)25/h1-11,13,21H,12H2,(H2,25,26,27). The van der Waals surface area contributed by atoms with Crippen LogP contribution in [0.1, 0.15) is 17.6 Å². The number of nitrogens with zero attached hydrogens (tertiary/aromatic N) is 2. The van der Waals surface area contributed by atoms with Crippen LogP contribution in [0.3, 0.4) is 0 Å². The molecule has 0 aliphatic rings. The van der Waals surface area contributed by atoms with Gasteiger partial charge in [-0.15, -0.1) is 0 Å². The van der Waals surface area contributed by atoms with Crippen LogP contribution < -0.4 is 10.5 Å². The summed E-state index contributed by atoms with van der Waals surface area (Å²) in [6.07, 6.45) is -1.21. The maximum Gasteiger partial charge on any atom is 0.263 e. The molecule has 0 amide bonds. The number of aromatic nitrogens is 2. The number of anilines is 1. The molecular weight excluding hydrogens is 360 g/mol. The molecule has 0 unspecified atom stereocenters. The number of hydrogen-bond acceptors (Lipinski definition) is 4. The molecule has 4 nitrogen and oxygen atoms in total. The van der Waals surface area contributed by atoms with E-state index in [0.29, 0.717) is 40.2 Å². The second kappa shape index (κ2) is 7.60. The number of rotatable bonds is 5. The third kappa shape index (κ3) is 3.49. The minimum Gasteiger partial charge on any atom is -0.488 e. The quantitative estimate of drug-likeness (QED) is 0.506. The van der Waals surface area contributed by atoms with E-state index in [1.807, 2.05) is 30.3 Å². The van der Waals surface area contributed by atoms with Crippen LogP contribution in [0.15, 0.2) is 73.1 Å². The van der Waals surface area contributed by atoms with Crippen LogP contribution in [0.4, 0.5) is 14.6 Å². The number of benzene rings is 3. The maximum atomic E-state index is 13.2. The van der Waals surface area contributed by atoms with E-state index in [1.54, 1.807) is 24.3 Å². The van der Waals surface area contributed by atoms with Gasteiger partial charge in [0.1, 0.15) is 24.5 Å². The van der Waals surface area contributed by atoms with Gasteiger partial charge in [-0.05, 0) is 29.3 Å². The zero-order valence-corrected chi connectivity index (χ0v) is 14.8. The van der Waals surface area contributed by atoms with Gasteiger partial charge >= 0.3 is 0 Å². The zero-order chi connectivity index (χ0) is 19.5. The van der Waals surface area contributed by atoms with Gasteiger partial charge in [0.05, 0.1) is 11.1 Å². The van der Waals surface area contributed by atoms with Crippen molar-refractivity contribution in [3.63, 3.8) is 0 Å². The monoisotopic (exact) mass is 377 g/mol. The average Bonchev–Trinajstić information content (AvgIpc) is 2.73. The average molecular weight is 377 g/mol. The highest BCUT2D eigenvalue weighted by Crippen LogP contribution is 2.38. The molecule has 0 fully saturated rings. The molecule has 1 heterocycles. The Hall–Kier alpha value is -3.54. The van der Waals surface area contributed by atoms with Crippen LogP contribution in [0.25, 0.3) is 22.0 Å². The van der Waals surface area contributed by atoms with Crippen LogP contribution in [-0.4, -0.2) is 9.97 Å². The number of fused-ring (bicyclic) bond motifs is 1. The van der Waals surface area contributed by atoms with Crippen molar-refractivity contribution < 1.29 is 13.5 Å². The molecule has 3 aromatic carbocycles. The van der Waals surface area contributed by atoms with Crippen molar-refractivity contribution in [2.45, 2.75) is 13.0 Å². The van der Waals surface area contributed by atoms with E-state index in [4.69, 9.17) is 10.5 Å². The van der Waals surface area contributed by atoms with Crippen LogP contribution in [0, 0.1) is 0 Å².